The first kappa shape index (κ1) is 14.8. The minimum Gasteiger partial charge on any atom is -0.255 e. The first-order chi connectivity index (χ1) is 12.8. The second-order valence-corrected chi connectivity index (χ2v) is 6.48. The Balaban J connectivity index is 1.76. The summed E-state index contributed by atoms with van der Waals surface area (Å²) in [6.07, 6.45) is 8.11. The minimum atomic E-state index is 1.09. The highest BCUT2D eigenvalue weighted by Crippen LogP contribution is 2.27. The Hall–Kier alpha value is -3.52. The fourth-order valence-corrected chi connectivity index (χ4v) is 3.74. The first-order valence-electron chi connectivity index (χ1n) is 8.73. The summed E-state index contributed by atoms with van der Waals surface area (Å²) in [5.74, 6) is 0. The van der Waals surface area contributed by atoms with Gasteiger partial charge in [0, 0.05) is 0 Å². The summed E-state index contributed by atoms with van der Waals surface area (Å²) >= 11 is 0. The van der Waals surface area contributed by atoms with Crippen molar-refractivity contribution < 1.29 is 9.14 Å². The van der Waals surface area contributed by atoms with Crippen molar-refractivity contribution in [3.05, 3.63) is 109 Å². The zero-order chi connectivity index (χ0) is 17.5. The molecule has 1 aromatic heterocycles. The molecule has 2 nitrogen and oxygen atoms in total. The van der Waals surface area contributed by atoms with E-state index in [9.17, 15) is 0 Å². The normalized spacial score (nSPS) is 13.8. The average Bonchev–Trinajstić information content (AvgIpc) is 3.03. The zero-order valence-corrected chi connectivity index (χ0v) is 14.3. The molecule has 1 aliphatic heterocycles. The smallest absolute Gasteiger partial charge is 0.147 e. The van der Waals surface area contributed by atoms with Crippen LogP contribution in [0.25, 0.3) is 27.5 Å². The molecule has 3 aromatic carbocycles. The third-order valence-corrected chi connectivity index (χ3v) is 4.92. The van der Waals surface area contributed by atoms with Crippen molar-refractivity contribution in [3.8, 4) is 5.69 Å². The highest BCUT2D eigenvalue weighted by molar-refractivity contribution is 6.04. The van der Waals surface area contributed by atoms with Crippen molar-refractivity contribution in [3.63, 3.8) is 0 Å². The molecule has 0 amide bonds. The summed E-state index contributed by atoms with van der Waals surface area (Å²) < 4.78 is 4.25. The van der Waals surface area contributed by atoms with Crippen molar-refractivity contribution >= 4 is 28.5 Å². The second-order valence-electron chi connectivity index (χ2n) is 6.48. The number of hydrogen-bond donors (Lipinski definition) is 0. The summed E-state index contributed by atoms with van der Waals surface area (Å²) in [7, 11) is 0. The summed E-state index contributed by atoms with van der Waals surface area (Å²) in [4.78, 5) is 0. The Kier molecular flexibility index (Phi) is 3.29. The highest BCUT2D eigenvalue weighted by atomic mass is 15.0. The van der Waals surface area contributed by atoms with Crippen LogP contribution in [0.4, 0.5) is 0 Å². The van der Waals surface area contributed by atoms with E-state index in [0.29, 0.717) is 0 Å². The SMILES string of the molecule is C=[N+]1C=CC=C[C-]1c1cccc(-[n+]2c3ccccc3c3cccc[c-]32)c1. The monoisotopic (exact) mass is 334 g/mol. The van der Waals surface area contributed by atoms with Gasteiger partial charge in [-0.1, -0.05) is 36.4 Å². The van der Waals surface area contributed by atoms with E-state index in [1.54, 1.807) is 0 Å². The number of hydrogen-bond acceptors (Lipinski definition) is 0. The van der Waals surface area contributed by atoms with Crippen LogP contribution in [-0.2, 0) is 0 Å². The van der Waals surface area contributed by atoms with Crippen molar-refractivity contribution in [1.29, 1.82) is 0 Å². The Labute approximate surface area is 152 Å². The molecular formula is C24H18N2. The molecule has 0 atom stereocenters. The molecule has 0 spiro atoms. The van der Waals surface area contributed by atoms with Gasteiger partial charge in [-0.25, -0.2) is 4.57 Å². The van der Waals surface area contributed by atoms with E-state index in [-0.39, 0.29) is 0 Å². The van der Waals surface area contributed by atoms with Crippen molar-refractivity contribution in [2.45, 2.75) is 0 Å². The molecule has 4 aromatic rings. The molecule has 1 aliphatic rings. The lowest BCUT2D eigenvalue weighted by molar-refractivity contribution is -0.536. The Morgan fingerprint density at radius 1 is 0.846 bits per heavy atom. The molecule has 5 rings (SSSR count). The lowest BCUT2D eigenvalue weighted by Crippen LogP contribution is -2.30. The van der Waals surface area contributed by atoms with Gasteiger partial charge in [-0.15, -0.1) is 30.3 Å². The fourth-order valence-electron chi connectivity index (χ4n) is 3.74. The van der Waals surface area contributed by atoms with Gasteiger partial charge in [-0.2, -0.15) is 0 Å². The molecule has 0 unspecified atom stereocenters. The summed E-state index contributed by atoms with van der Waals surface area (Å²) in [6, 6.07) is 26.9. The van der Waals surface area contributed by atoms with Crippen LogP contribution in [0.5, 0.6) is 0 Å². The summed E-state index contributed by atoms with van der Waals surface area (Å²) in [5.41, 5.74) is 4.76. The topological polar surface area (TPSA) is 6.89 Å². The maximum Gasteiger partial charge on any atom is 0.147 e. The molecular weight excluding hydrogens is 316 g/mol. The van der Waals surface area contributed by atoms with Crippen LogP contribution in [-0.4, -0.2) is 11.3 Å². The number of benzene rings is 3. The zero-order valence-electron chi connectivity index (χ0n) is 14.3. The van der Waals surface area contributed by atoms with E-state index in [4.69, 9.17) is 0 Å². The lowest BCUT2D eigenvalue weighted by atomic mass is 10.0. The Bertz CT molecular complexity index is 1150. The minimum absolute atomic E-state index is 1.09. The molecule has 26 heavy (non-hydrogen) atoms. The van der Waals surface area contributed by atoms with Crippen LogP contribution in [0.1, 0.15) is 5.56 Å². The highest BCUT2D eigenvalue weighted by Gasteiger charge is 2.18. The van der Waals surface area contributed by atoms with Gasteiger partial charge in [0.05, 0.1) is 6.72 Å². The van der Waals surface area contributed by atoms with E-state index < -0.39 is 0 Å². The standard InChI is InChI=1S/C24H18N2/c1-25-16-7-6-13-22(25)18-9-8-10-19(17-18)26-23-14-4-2-11-20(23)21-12-3-5-15-24(21)26/h2-17H,1H2. The third-order valence-electron chi connectivity index (χ3n) is 4.92. The van der Waals surface area contributed by atoms with E-state index in [2.05, 4.69) is 90.2 Å². The van der Waals surface area contributed by atoms with Gasteiger partial charge in [-0.05, 0) is 40.6 Å². The first-order valence-corrected chi connectivity index (χ1v) is 8.73. The van der Waals surface area contributed by atoms with Crippen molar-refractivity contribution in [1.82, 2.24) is 0 Å². The number of allylic oxidation sites excluding steroid dienone is 2. The fraction of sp³-hybridized carbons (Fsp3) is 0. The number of fused-ring (bicyclic) bond motifs is 3. The number of rotatable bonds is 2. The van der Waals surface area contributed by atoms with Gasteiger partial charge in [0.1, 0.15) is 29.0 Å². The van der Waals surface area contributed by atoms with Gasteiger partial charge in [0.2, 0.25) is 0 Å². The maximum absolute atomic E-state index is 4.10. The Morgan fingerprint density at radius 2 is 1.73 bits per heavy atom. The molecule has 0 aliphatic carbocycles. The number of aromatic nitrogens is 1. The van der Waals surface area contributed by atoms with Crippen LogP contribution in [0.2, 0.25) is 0 Å². The third kappa shape index (κ3) is 2.20. The van der Waals surface area contributed by atoms with Gasteiger partial charge in [0.25, 0.3) is 0 Å². The van der Waals surface area contributed by atoms with Gasteiger partial charge in [-0.3, -0.25) is 4.58 Å². The summed E-state index contributed by atoms with van der Waals surface area (Å²) in [6.45, 7) is 4.10. The van der Waals surface area contributed by atoms with Crippen LogP contribution in [0.3, 0.4) is 0 Å². The largest absolute Gasteiger partial charge is 0.255 e. The Morgan fingerprint density at radius 3 is 2.65 bits per heavy atom. The molecule has 2 heteroatoms. The van der Waals surface area contributed by atoms with E-state index in [1.165, 1.54) is 21.8 Å². The maximum atomic E-state index is 4.10. The van der Waals surface area contributed by atoms with Crippen LogP contribution in [0, 0.1) is 6.04 Å². The summed E-state index contributed by atoms with van der Waals surface area (Å²) in [5, 5.41) is 2.56. The van der Waals surface area contributed by atoms with Crippen molar-refractivity contribution in [2.24, 2.45) is 0 Å². The average molecular weight is 334 g/mol. The lowest BCUT2D eigenvalue weighted by Gasteiger charge is -2.16. The molecule has 2 heterocycles. The number of nitrogens with zero attached hydrogens (tertiary/aromatic N) is 2. The molecule has 0 fully saturated rings. The van der Waals surface area contributed by atoms with E-state index in [0.717, 1.165) is 17.3 Å². The predicted molar refractivity (Wildman–Crippen MR) is 107 cm³/mol. The van der Waals surface area contributed by atoms with E-state index in [1.807, 2.05) is 22.9 Å². The molecule has 0 saturated heterocycles. The molecule has 0 saturated carbocycles. The van der Waals surface area contributed by atoms with Crippen molar-refractivity contribution in [2.75, 3.05) is 0 Å². The molecule has 0 radical (unpaired) electrons. The van der Waals surface area contributed by atoms with Gasteiger partial charge < -0.3 is 0 Å². The number of para-hydroxylation sites is 2. The quantitative estimate of drug-likeness (QED) is 0.372. The van der Waals surface area contributed by atoms with Gasteiger partial charge >= 0.3 is 0 Å². The predicted octanol–water partition coefficient (Wildman–Crippen LogP) is 4.67. The van der Waals surface area contributed by atoms with E-state index >= 15 is 0 Å². The van der Waals surface area contributed by atoms with Crippen LogP contribution in [0.15, 0.2) is 97.2 Å². The molecule has 0 bridgehead atoms. The second kappa shape index (κ2) is 5.78. The van der Waals surface area contributed by atoms with Gasteiger partial charge in [0.15, 0.2) is 0 Å². The van der Waals surface area contributed by atoms with Crippen LogP contribution >= 0.6 is 0 Å². The molecule has 0 N–H and O–H groups in total. The molecule has 124 valence electrons. The van der Waals surface area contributed by atoms with Crippen LogP contribution < -0.4 is 4.57 Å².